The molecular weight excluding hydrogens is 178 g/mol. The Bertz CT molecular complexity index is 403. The van der Waals surface area contributed by atoms with Crippen LogP contribution < -0.4 is 5.73 Å². The molecular formula is C10H11N3O. The molecule has 4 nitrogen and oxygen atoms in total. The van der Waals surface area contributed by atoms with Gasteiger partial charge in [-0.05, 0) is 12.1 Å². The number of aromatic nitrogens is 2. The van der Waals surface area contributed by atoms with E-state index in [1.807, 2.05) is 30.5 Å². The molecule has 0 saturated carbocycles. The Balaban J connectivity index is 0.000000171. The average molecular weight is 189 g/mol. The van der Waals surface area contributed by atoms with Crippen LogP contribution in [0.15, 0.2) is 43.1 Å². The second kappa shape index (κ2) is 4.81. The van der Waals surface area contributed by atoms with E-state index in [4.69, 9.17) is 0 Å². The fraction of sp³-hybridized carbons (Fsp3) is 0. The predicted octanol–water partition coefficient (Wildman–Crippen LogP) is 1.22. The highest BCUT2D eigenvalue weighted by molar-refractivity contribution is 5.85. The fourth-order valence-electron chi connectivity index (χ4n) is 0.883. The Morgan fingerprint density at radius 3 is 2.71 bits per heavy atom. The van der Waals surface area contributed by atoms with Gasteiger partial charge in [-0.2, -0.15) is 5.10 Å². The topological polar surface area (TPSA) is 71.8 Å². The lowest BCUT2D eigenvalue weighted by Gasteiger charge is -1.81. The first-order chi connectivity index (χ1) is 6.74. The van der Waals surface area contributed by atoms with Gasteiger partial charge >= 0.3 is 0 Å². The Morgan fingerprint density at radius 2 is 2.14 bits per heavy atom. The molecule has 0 radical (unpaired) electrons. The van der Waals surface area contributed by atoms with E-state index in [9.17, 15) is 4.79 Å². The minimum absolute atomic E-state index is 0.481. The molecule has 0 spiro atoms. The molecule has 0 atom stereocenters. The van der Waals surface area contributed by atoms with Crippen LogP contribution in [0.2, 0.25) is 0 Å². The largest absolute Gasteiger partial charge is 0.366 e. The number of rotatable bonds is 1. The zero-order valence-electron chi connectivity index (χ0n) is 7.60. The van der Waals surface area contributed by atoms with Crippen molar-refractivity contribution in [3.05, 3.63) is 43.1 Å². The van der Waals surface area contributed by atoms with Gasteiger partial charge in [0.2, 0.25) is 5.91 Å². The van der Waals surface area contributed by atoms with E-state index in [2.05, 4.69) is 22.5 Å². The number of hydrogen-bond donors (Lipinski definition) is 2. The molecule has 72 valence electrons. The van der Waals surface area contributed by atoms with Gasteiger partial charge in [-0.1, -0.05) is 24.8 Å². The standard InChI is InChI=1S/C7H6N2.C3H5NO/c1-2-4-7-6(3-1)5-8-9-7;1-2-3(4)5/h1-5H,(H,8,9);2H,1H2,(H2,4,5). The SMILES string of the molecule is C=CC(N)=O.c1ccc2[nH]ncc2c1. The third-order valence-electron chi connectivity index (χ3n) is 1.55. The number of carbonyl (C=O) groups excluding carboxylic acids is 1. The summed E-state index contributed by atoms with van der Waals surface area (Å²) in [4.78, 5) is 9.47. The second-order valence-corrected chi connectivity index (χ2v) is 2.56. The zero-order valence-corrected chi connectivity index (χ0v) is 7.60. The van der Waals surface area contributed by atoms with Crippen LogP contribution in [0.3, 0.4) is 0 Å². The second-order valence-electron chi connectivity index (χ2n) is 2.56. The Morgan fingerprint density at radius 1 is 1.50 bits per heavy atom. The number of primary amides is 1. The maximum Gasteiger partial charge on any atom is 0.240 e. The monoisotopic (exact) mass is 189 g/mol. The third-order valence-corrected chi connectivity index (χ3v) is 1.55. The number of nitrogens with two attached hydrogens (primary N) is 1. The number of hydrogen-bond acceptors (Lipinski definition) is 2. The smallest absolute Gasteiger partial charge is 0.240 e. The van der Waals surface area contributed by atoms with Crippen LogP contribution in [0, 0.1) is 0 Å². The molecule has 14 heavy (non-hydrogen) atoms. The van der Waals surface area contributed by atoms with Crippen LogP contribution in [0.1, 0.15) is 0 Å². The van der Waals surface area contributed by atoms with Crippen LogP contribution in [-0.4, -0.2) is 16.1 Å². The fourth-order valence-corrected chi connectivity index (χ4v) is 0.883. The lowest BCUT2D eigenvalue weighted by molar-refractivity contribution is -0.113. The van der Waals surface area contributed by atoms with Crippen LogP contribution in [0.25, 0.3) is 10.9 Å². The van der Waals surface area contributed by atoms with Crippen LogP contribution in [-0.2, 0) is 4.79 Å². The van der Waals surface area contributed by atoms with E-state index in [1.165, 1.54) is 0 Å². The summed E-state index contributed by atoms with van der Waals surface area (Å²) in [5.41, 5.74) is 5.63. The van der Waals surface area contributed by atoms with E-state index < -0.39 is 5.91 Å². The number of para-hydroxylation sites is 1. The molecule has 4 heteroatoms. The molecule has 2 rings (SSSR count). The van der Waals surface area contributed by atoms with Gasteiger partial charge in [0.25, 0.3) is 0 Å². The van der Waals surface area contributed by atoms with Gasteiger partial charge in [0, 0.05) is 5.39 Å². The quantitative estimate of drug-likeness (QED) is 0.662. The molecule has 0 aliphatic carbocycles. The third kappa shape index (κ3) is 2.75. The maximum atomic E-state index is 9.47. The van der Waals surface area contributed by atoms with Crippen molar-refractivity contribution in [2.45, 2.75) is 0 Å². The lowest BCUT2D eigenvalue weighted by Crippen LogP contribution is -2.04. The van der Waals surface area contributed by atoms with Gasteiger partial charge < -0.3 is 5.73 Å². The molecule has 1 aromatic heterocycles. The number of H-pyrrole nitrogens is 1. The molecule has 1 heterocycles. The van der Waals surface area contributed by atoms with Crippen molar-refractivity contribution in [1.82, 2.24) is 10.2 Å². The minimum Gasteiger partial charge on any atom is -0.366 e. The number of aromatic amines is 1. The number of carbonyl (C=O) groups is 1. The van der Waals surface area contributed by atoms with Crippen molar-refractivity contribution < 1.29 is 4.79 Å². The highest BCUT2D eigenvalue weighted by Gasteiger charge is 1.88. The number of nitrogens with zero attached hydrogens (tertiary/aromatic N) is 1. The first kappa shape index (κ1) is 9.98. The summed E-state index contributed by atoms with van der Waals surface area (Å²) in [6, 6.07) is 8.01. The van der Waals surface area contributed by atoms with Crippen molar-refractivity contribution >= 4 is 16.8 Å². The van der Waals surface area contributed by atoms with Crippen molar-refractivity contribution in [1.29, 1.82) is 0 Å². The predicted molar refractivity (Wildman–Crippen MR) is 55.5 cm³/mol. The Kier molecular flexibility index (Phi) is 3.43. The van der Waals surface area contributed by atoms with E-state index in [0.717, 1.165) is 17.0 Å². The zero-order chi connectivity index (χ0) is 10.4. The van der Waals surface area contributed by atoms with Gasteiger partial charge in [-0.3, -0.25) is 9.89 Å². The van der Waals surface area contributed by atoms with Crippen molar-refractivity contribution in [2.24, 2.45) is 5.73 Å². The maximum absolute atomic E-state index is 9.47. The van der Waals surface area contributed by atoms with Gasteiger partial charge in [-0.15, -0.1) is 0 Å². The summed E-state index contributed by atoms with van der Waals surface area (Å²) in [7, 11) is 0. The van der Waals surface area contributed by atoms with Crippen molar-refractivity contribution in [3.8, 4) is 0 Å². The lowest BCUT2D eigenvalue weighted by atomic mass is 10.3. The first-order valence-corrected chi connectivity index (χ1v) is 4.04. The minimum atomic E-state index is -0.481. The molecule has 0 aliphatic heterocycles. The normalized spacial score (nSPS) is 8.86. The van der Waals surface area contributed by atoms with Gasteiger partial charge in [-0.25, -0.2) is 0 Å². The van der Waals surface area contributed by atoms with Crippen LogP contribution in [0.5, 0.6) is 0 Å². The van der Waals surface area contributed by atoms with E-state index >= 15 is 0 Å². The number of nitrogens with one attached hydrogen (secondary N) is 1. The molecule has 3 N–H and O–H groups in total. The summed E-state index contributed by atoms with van der Waals surface area (Å²) < 4.78 is 0. The van der Waals surface area contributed by atoms with Gasteiger partial charge in [0.05, 0.1) is 11.7 Å². The Labute approximate surface area is 81.4 Å². The molecule has 0 saturated heterocycles. The highest BCUT2D eigenvalue weighted by Crippen LogP contribution is 2.06. The van der Waals surface area contributed by atoms with Gasteiger partial charge in [0.15, 0.2) is 0 Å². The summed E-state index contributed by atoms with van der Waals surface area (Å²) >= 11 is 0. The van der Waals surface area contributed by atoms with E-state index in [0.29, 0.717) is 0 Å². The molecule has 0 aliphatic rings. The molecule has 0 unspecified atom stereocenters. The van der Waals surface area contributed by atoms with Crippen molar-refractivity contribution in [2.75, 3.05) is 0 Å². The van der Waals surface area contributed by atoms with Crippen LogP contribution in [0.4, 0.5) is 0 Å². The molecule has 0 bridgehead atoms. The summed E-state index contributed by atoms with van der Waals surface area (Å²) in [5, 5.41) is 7.91. The summed E-state index contributed by atoms with van der Waals surface area (Å²) in [6.07, 6.45) is 2.87. The summed E-state index contributed by atoms with van der Waals surface area (Å²) in [5.74, 6) is -0.481. The number of benzene rings is 1. The van der Waals surface area contributed by atoms with Gasteiger partial charge in [0.1, 0.15) is 0 Å². The first-order valence-electron chi connectivity index (χ1n) is 4.04. The van der Waals surface area contributed by atoms with Crippen LogP contribution >= 0.6 is 0 Å². The molecule has 2 aromatic rings. The highest BCUT2D eigenvalue weighted by atomic mass is 16.1. The Hall–Kier alpha value is -2.10. The summed E-state index contributed by atoms with van der Waals surface area (Å²) in [6.45, 7) is 3.09. The van der Waals surface area contributed by atoms with Crippen molar-refractivity contribution in [3.63, 3.8) is 0 Å². The number of amides is 1. The molecule has 0 fully saturated rings. The number of fused-ring (bicyclic) bond motifs is 1. The van der Waals surface area contributed by atoms with E-state index in [-0.39, 0.29) is 0 Å². The average Bonchev–Trinajstić information content (AvgIpc) is 2.66. The molecule has 1 amide bonds. The molecule has 1 aromatic carbocycles. The van der Waals surface area contributed by atoms with E-state index in [1.54, 1.807) is 0 Å².